The first-order valence-corrected chi connectivity index (χ1v) is 4.18. The number of carboxylic acids is 1. The number of carbonyl (C=O) groups is 1. The summed E-state index contributed by atoms with van der Waals surface area (Å²) in [5.74, 6) is -1.72. The van der Waals surface area contributed by atoms with Gasteiger partial charge in [0, 0.05) is 5.03 Å². The Labute approximate surface area is 80.5 Å². The molecular formula is C8H8Cl2O2. The van der Waals surface area contributed by atoms with E-state index in [1.54, 1.807) is 19.1 Å². The first-order chi connectivity index (χ1) is 5.46. The van der Waals surface area contributed by atoms with Crippen molar-refractivity contribution in [2.75, 3.05) is 0 Å². The van der Waals surface area contributed by atoms with Gasteiger partial charge in [0.05, 0.1) is 10.8 Å². The number of allylic oxidation sites excluding steroid dienone is 3. The van der Waals surface area contributed by atoms with Crippen LogP contribution in [0, 0.1) is 5.92 Å². The van der Waals surface area contributed by atoms with Crippen molar-refractivity contribution in [2.24, 2.45) is 5.92 Å². The molecule has 0 spiro atoms. The summed E-state index contributed by atoms with van der Waals surface area (Å²) in [6.45, 7) is 1.59. The fraction of sp³-hybridized carbons (Fsp3) is 0.375. The lowest BCUT2D eigenvalue weighted by Gasteiger charge is -2.28. The summed E-state index contributed by atoms with van der Waals surface area (Å²) in [7, 11) is 0. The van der Waals surface area contributed by atoms with Crippen molar-refractivity contribution in [3.8, 4) is 0 Å². The minimum absolute atomic E-state index is 0.360. The van der Waals surface area contributed by atoms with Gasteiger partial charge in [-0.1, -0.05) is 23.8 Å². The van der Waals surface area contributed by atoms with Crippen LogP contribution in [0.5, 0.6) is 0 Å². The molecule has 0 aliphatic heterocycles. The number of halogens is 2. The van der Waals surface area contributed by atoms with Crippen molar-refractivity contribution in [2.45, 2.75) is 11.8 Å². The summed E-state index contributed by atoms with van der Waals surface area (Å²) in [4.78, 5) is 9.68. The molecule has 0 heterocycles. The molecule has 0 aromatic carbocycles. The molecule has 12 heavy (non-hydrogen) atoms. The summed E-state index contributed by atoms with van der Waals surface area (Å²) in [6.07, 6.45) is 4.74. The lowest BCUT2D eigenvalue weighted by molar-refractivity contribution is -0.140. The average molecular weight is 207 g/mol. The van der Waals surface area contributed by atoms with Gasteiger partial charge < -0.3 is 5.11 Å². The zero-order valence-corrected chi connectivity index (χ0v) is 7.93. The molecule has 2 nitrogen and oxygen atoms in total. The molecule has 1 rings (SSSR count). The Morgan fingerprint density at radius 2 is 2.33 bits per heavy atom. The molecule has 0 aromatic heterocycles. The van der Waals surface area contributed by atoms with Gasteiger partial charge >= 0.3 is 5.97 Å². The van der Waals surface area contributed by atoms with Crippen molar-refractivity contribution in [1.82, 2.24) is 0 Å². The first-order valence-electron chi connectivity index (χ1n) is 3.42. The molecule has 1 N–H and O–H groups in total. The van der Waals surface area contributed by atoms with Crippen molar-refractivity contribution in [3.63, 3.8) is 0 Å². The SMILES string of the molecule is CC1(Cl)C(Cl)=CC=CC1C(=O)O. The predicted molar refractivity (Wildman–Crippen MR) is 48.5 cm³/mol. The number of aliphatic carboxylic acids is 1. The minimum Gasteiger partial charge on any atom is -0.481 e. The van der Waals surface area contributed by atoms with E-state index in [4.69, 9.17) is 28.3 Å². The van der Waals surface area contributed by atoms with Gasteiger partial charge in [-0.05, 0) is 13.0 Å². The minimum atomic E-state index is -1.01. The standard InChI is InChI=1S/C8H8Cl2O2/c1-8(10)5(7(11)12)3-2-4-6(8)9/h2-5H,1H3,(H,11,12). The second kappa shape index (κ2) is 3.11. The Bertz CT molecular complexity index is 266. The topological polar surface area (TPSA) is 37.3 Å². The van der Waals surface area contributed by atoms with Crippen LogP contribution >= 0.6 is 23.2 Å². The third-order valence-electron chi connectivity index (χ3n) is 1.86. The van der Waals surface area contributed by atoms with Gasteiger partial charge in [0.1, 0.15) is 0 Å². The van der Waals surface area contributed by atoms with Crippen LogP contribution in [0.3, 0.4) is 0 Å². The van der Waals surface area contributed by atoms with Crippen LogP contribution < -0.4 is 0 Å². The highest BCUT2D eigenvalue weighted by Gasteiger charge is 2.39. The number of hydrogen-bond acceptors (Lipinski definition) is 1. The second-order valence-corrected chi connectivity index (χ2v) is 3.98. The molecule has 1 aliphatic carbocycles. The Kier molecular flexibility index (Phi) is 2.49. The van der Waals surface area contributed by atoms with E-state index >= 15 is 0 Å². The Balaban J connectivity index is 3.01. The van der Waals surface area contributed by atoms with Crippen molar-refractivity contribution >= 4 is 29.2 Å². The fourth-order valence-corrected chi connectivity index (χ4v) is 1.48. The highest BCUT2D eigenvalue weighted by atomic mass is 35.5. The Morgan fingerprint density at radius 1 is 1.75 bits per heavy atom. The summed E-state index contributed by atoms with van der Waals surface area (Å²) < 4.78 is 0. The van der Waals surface area contributed by atoms with Gasteiger partial charge in [0.2, 0.25) is 0 Å². The van der Waals surface area contributed by atoms with E-state index in [0.29, 0.717) is 5.03 Å². The van der Waals surface area contributed by atoms with E-state index < -0.39 is 16.8 Å². The van der Waals surface area contributed by atoms with Crippen LogP contribution in [0.4, 0.5) is 0 Å². The molecule has 0 bridgehead atoms. The molecule has 2 atom stereocenters. The van der Waals surface area contributed by atoms with Gasteiger partial charge in [0.25, 0.3) is 0 Å². The van der Waals surface area contributed by atoms with E-state index in [1.807, 2.05) is 0 Å². The fourth-order valence-electron chi connectivity index (χ4n) is 1.06. The zero-order valence-electron chi connectivity index (χ0n) is 6.42. The molecular weight excluding hydrogens is 199 g/mol. The van der Waals surface area contributed by atoms with Gasteiger partial charge in [-0.3, -0.25) is 4.79 Å². The maximum Gasteiger partial charge on any atom is 0.312 e. The van der Waals surface area contributed by atoms with Crippen molar-refractivity contribution in [1.29, 1.82) is 0 Å². The third-order valence-corrected chi connectivity index (χ3v) is 2.92. The average Bonchev–Trinajstić information content (AvgIpc) is 1.94. The van der Waals surface area contributed by atoms with Crippen LogP contribution in [-0.4, -0.2) is 16.0 Å². The lowest BCUT2D eigenvalue weighted by atomic mass is 9.89. The van der Waals surface area contributed by atoms with E-state index in [-0.39, 0.29) is 0 Å². The van der Waals surface area contributed by atoms with Crippen LogP contribution in [0.25, 0.3) is 0 Å². The predicted octanol–water partition coefficient (Wildman–Crippen LogP) is 2.38. The van der Waals surface area contributed by atoms with Crippen LogP contribution in [0.15, 0.2) is 23.3 Å². The molecule has 0 fully saturated rings. The number of alkyl halides is 1. The smallest absolute Gasteiger partial charge is 0.312 e. The van der Waals surface area contributed by atoms with E-state index in [1.165, 1.54) is 6.08 Å². The summed E-state index contributed by atoms with van der Waals surface area (Å²) in [6, 6.07) is 0. The second-order valence-electron chi connectivity index (χ2n) is 2.79. The van der Waals surface area contributed by atoms with Gasteiger partial charge in [0.15, 0.2) is 0 Å². The van der Waals surface area contributed by atoms with Gasteiger partial charge in [-0.2, -0.15) is 0 Å². The van der Waals surface area contributed by atoms with Gasteiger partial charge in [-0.15, -0.1) is 11.6 Å². The molecule has 0 saturated carbocycles. The molecule has 0 amide bonds. The summed E-state index contributed by atoms with van der Waals surface area (Å²) >= 11 is 11.7. The lowest BCUT2D eigenvalue weighted by Crippen LogP contribution is -2.35. The van der Waals surface area contributed by atoms with Crippen LogP contribution in [-0.2, 0) is 4.79 Å². The number of hydrogen-bond donors (Lipinski definition) is 1. The van der Waals surface area contributed by atoms with Crippen LogP contribution in [0.2, 0.25) is 0 Å². The number of carboxylic acid groups (broad SMARTS) is 1. The molecule has 0 saturated heterocycles. The third kappa shape index (κ3) is 1.50. The molecule has 0 radical (unpaired) electrons. The Morgan fingerprint density at radius 3 is 2.75 bits per heavy atom. The zero-order chi connectivity index (χ0) is 9.35. The largest absolute Gasteiger partial charge is 0.481 e. The highest BCUT2D eigenvalue weighted by Crippen LogP contribution is 2.38. The van der Waals surface area contributed by atoms with Crippen LogP contribution in [0.1, 0.15) is 6.92 Å². The Hall–Kier alpha value is -0.470. The molecule has 4 heteroatoms. The monoisotopic (exact) mass is 206 g/mol. The molecule has 2 unspecified atom stereocenters. The molecule has 66 valence electrons. The molecule has 0 aromatic rings. The first kappa shape index (κ1) is 9.62. The quantitative estimate of drug-likeness (QED) is 0.670. The maximum atomic E-state index is 10.7. The van der Waals surface area contributed by atoms with E-state index in [9.17, 15) is 4.79 Å². The summed E-state index contributed by atoms with van der Waals surface area (Å²) in [5.41, 5.74) is 0. The number of rotatable bonds is 1. The van der Waals surface area contributed by atoms with E-state index in [0.717, 1.165) is 0 Å². The van der Waals surface area contributed by atoms with Gasteiger partial charge in [-0.25, -0.2) is 0 Å². The summed E-state index contributed by atoms with van der Waals surface area (Å²) in [5, 5.41) is 9.13. The highest BCUT2D eigenvalue weighted by molar-refractivity contribution is 6.40. The van der Waals surface area contributed by atoms with E-state index in [2.05, 4.69) is 0 Å². The van der Waals surface area contributed by atoms with Crippen molar-refractivity contribution < 1.29 is 9.90 Å². The van der Waals surface area contributed by atoms with Crippen molar-refractivity contribution in [3.05, 3.63) is 23.3 Å². The maximum absolute atomic E-state index is 10.7. The normalized spacial score (nSPS) is 34.6. The molecule has 1 aliphatic rings.